The summed E-state index contributed by atoms with van der Waals surface area (Å²) in [7, 11) is 0. The first-order valence-electron chi connectivity index (χ1n) is 7.72. The predicted molar refractivity (Wildman–Crippen MR) is 99.6 cm³/mol. The van der Waals surface area contributed by atoms with E-state index in [-0.39, 0.29) is 17.0 Å². The Balaban J connectivity index is 1.67. The van der Waals surface area contributed by atoms with Gasteiger partial charge in [0, 0.05) is 28.9 Å². The molecule has 0 aliphatic rings. The lowest BCUT2D eigenvalue weighted by Crippen LogP contribution is -2.20. The van der Waals surface area contributed by atoms with Gasteiger partial charge in [-0.05, 0) is 35.9 Å². The molecule has 0 radical (unpaired) electrons. The standard InChI is InChI=1S/C18H12ClFN4OS/c19-15-4-2-1-3-12(15)11-26-18-22-21-16-17(25)23(9-10-24(16)18)14-7-5-13(20)6-8-14/h1-10H,11H2. The van der Waals surface area contributed by atoms with Gasteiger partial charge in [0.1, 0.15) is 5.82 Å². The maximum absolute atomic E-state index is 13.1. The summed E-state index contributed by atoms with van der Waals surface area (Å²) in [5.41, 5.74) is 1.43. The molecule has 4 rings (SSSR count). The van der Waals surface area contributed by atoms with Gasteiger partial charge in [-0.2, -0.15) is 0 Å². The number of nitrogens with zero attached hydrogens (tertiary/aromatic N) is 4. The average molecular weight is 387 g/mol. The van der Waals surface area contributed by atoms with Gasteiger partial charge in [0.05, 0.1) is 0 Å². The van der Waals surface area contributed by atoms with Crippen molar-refractivity contribution < 1.29 is 4.39 Å². The second-order valence-corrected chi connectivity index (χ2v) is 6.86. The van der Waals surface area contributed by atoms with Gasteiger partial charge in [-0.25, -0.2) is 4.39 Å². The molecule has 0 amide bonds. The van der Waals surface area contributed by atoms with Gasteiger partial charge in [-0.1, -0.05) is 41.6 Å². The SMILES string of the molecule is O=c1c2nnc(SCc3ccccc3Cl)n2ccn1-c1ccc(F)cc1. The molecule has 26 heavy (non-hydrogen) atoms. The normalized spacial score (nSPS) is 11.2. The van der Waals surface area contributed by atoms with Crippen LogP contribution in [0, 0.1) is 5.82 Å². The Morgan fingerprint density at radius 2 is 1.81 bits per heavy atom. The lowest BCUT2D eigenvalue weighted by molar-refractivity contribution is 0.627. The zero-order valence-electron chi connectivity index (χ0n) is 13.3. The molecular formula is C18H12ClFN4OS. The van der Waals surface area contributed by atoms with Crippen LogP contribution in [-0.4, -0.2) is 19.2 Å². The Morgan fingerprint density at radius 3 is 2.58 bits per heavy atom. The monoisotopic (exact) mass is 386 g/mol. The van der Waals surface area contributed by atoms with Gasteiger partial charge in [0.15, 0.2) is 5.16 Å². The van der Waals surface area contributed by atoms with Crippen LogP contribution < -0.4 is 5.56 Å². The minimum absolute atomic E-state index is 0.207. The number of rotatable bonds is 4. The van der Waals surface area contributed by atoms with Crippen molar-refractivity contribution >= 4 is 29.0 Å². The third-order valence-corrected chi connectivity index (χ3v) is 5.22. The van der Waals surface area contributed by atoms with Crippen LogP contribution in [0.5, 0.6) is 0 Å². The van der Waals surface area contributed by atoms with Gasteiger partial charge in [-0.3, -0.25) is 13.8 Å². The number of hydrogen-bond donors (Lipinski definition) is 0. The number of hydrogen-bond acceptors (Lipinski definition) is 4. The highest BCUT2D eigenvalue weighted by Gasteiger charge is 2.12. The summed E-state index contributed by atoms with van der Waals surface area (Å²) in [5, 5.41) is 9.41. The first-order chi connectivity index (χ1) is 12.6. The van der Waals surface area contributed by atoms with E-state index < -0.39 is 0 Å². The third-order valence-electron chi connectivity index (χ3n) is 3.86. The maximum atomic E-state index is 13.1. The molecule has 2 heterocycles. The molecule has 0 N–H and O–H groups in total. The summed E-state index contributed by atoms with van der Waals surface area (Å²) >= 11 is 7.61. The smallest absolute Gasteiger partial charge is 0.280 e. The molecule has 0 atom stereocenters. The van der Waals surface area contributed by atoms with Crippen LogP contribution in [0.1, 0.15) is 5.56 Å². The van der Waals surface area contributed by atoms with E-state index in [1.165, 1.54) is 40.6 Å². The maximum Gasteiger partial charge on any atom is 0.300 e. The van der Waals surface area contributed by atoms with E-state index in [1.54, 1.807) is 16.8 Å². The van der Waals surface area contributed by atoms with E-state index in [9.17, 15) is 9.18 Å². The Labute approximate surface area is 157 Å². The quantitative estimate of drug-likeness (QED) is 0.498. The molecular weight excluding hydrogens is 375 g/mol. The van der Waals surface area contributed by atoms with Gasteiger partial charge in [0.2, 0.25) is 5.65 Å². The lowest BCUT2D eigenvalue weighted by atomic mass is 10.2. The first kappa shape index (κ1) is 16.8. The molecule has 0 saturated carbocycles. The molecule has 5 nitrogen and oxygen atoms in total. The van der Waals surface area contributed by atoms with E-state index >= 15 is 0 Å². The molecule has 0 unspecified atom stereocenters. The topological polar surface area (TPSA) is 52.2 Å². The van der Waals surface area contributed by atoms with Crippen LogP contribution in [0.15, 0.2) is 70.9 Å². The molecule has 8 heteroatoms. The molecule has 0 saturated heterocycles. The lowest BCUT2D eigenvalue weighted by Gasteiger charge is -2.06. The van der Waals surface area contributed by atoms with Crippen LogP contribution in [0.2, 0.25) is 5.02 Å². The van der Waals surface area contributed by atoms with Gasteiger partial charge in [0.25, 0.3) is 0 Å². The van der Waals surface area contributed by atoms with Crippen molar-refractivity contribution in [3.63, 3.8) is 0 Å². The number of fused-ring (bicyclic) bond motifs is 1. The highest BCUT2D eigenvalue weighted by atomic mass is 35.5. The van der Waals surface area contributed by atoms with Gasteiger partial charge in [-0.15, -0.1) is 10.2 Å². The third kappa shape index (κ3) is 3.11. The number of thioether (sulfide) groups is 1. The number of benzene rings is 2. The number of aromatic nitrogens is 4. The molecule has 0 fully saturated rings. The highest BCUT2D eigenvalue weighted by Crippen LogP contribution is 2.25. The van der Waals surface area contributed by atoms with Crippen molar-refractivity contribution in [2.45, 2.75) is 10.9 Å². The fourth-order valence-corrected chi connectivity index (χ4v) is 3.73. The Morgan fingerprint density at radius 1 is 1.04 bits per heavy atom. The minimum atomic E-state index is -0.358. The summed E-state index contributed by atoms with van der Waals surface area (Å²) in [5.74, 6) is 0.255. The van der Waals surface area contributed by atoms with Crippen LogP contribution in [0.4, 0.5) is 4.39 Å². The zero-order valence-corrected chi connectivity index (χ0v) is 14.9. The molecule has 4 aromatic rings. The molecule has 2 aromatic carbocycles. The van der Waals surface area contributed by atoms with Crippen LogP contribution in [0.25, 0.3) is 11.3 Å². The molecule has 2 aromatic heterocycles. The summed E-state index contributed by atoms with van der Waals surface area (Å²) in [6, 6.07) is 13.3. The summed E-state index contributed by atoms with van der Waals surface area (Å²) in [6.45, 7) is 0. The Hall–Kier alpha value is -2.64. The molecule has 0 aliphatic heterocycles. The van der Waals surface area contributed by atoms with E-state index in [2.05, 4.69) is 10.2 Å². The van der Waals surface area contributed by atoms with Gasteiger partial charge >= 0.3 is 5.56 Å². The molecule has 130 valence electrons. The second-order valence-electron chi connectivity index (χ2n) is 5.51. The number of halogens is 2. The molecule has 0 aliphatic carbocycles. The highest BCUT2D eigenvalue weighted by molar-refractivity contribution is 7.98. The first-order valence-corrected chi connectivity index (χ1v) is 9.08. The fourth-order valence-electron chi connectivity index (χ4n) is 2.53. The largest absolute Gasteiger partial charge is 0.300 e. The van der Waals surface area contributed by atoms with E-state index in [0.29, 0.717) is 21.6 Å². The van der Waals surface area contributed by atoms with Crippen molar-refractivity contribution in [2.75, 3.05) is 0 Å². The van der Waals surface area contributed by atoms with Crippen molar-refractivity contribution in [3.8, 4) is 5.69 Å². The van der Waals surface area contributed by atoms with E-state index in [0.717, 1.165) is 5.56 Å². The van der Waals surface area contributed by atoms with E-state index in [4.69, 9.17) is 11.6 Å². The van der Waals surface area contributed by atoms with Crippen LogP contribution in [-0.2, 0) is 5.75 Å². The zero-order chi connectivity index (χ0) is 18.1. The van der Waals surface area contributed by atoms with E-state index in [1.807, 2.05) is 24.3 Å². The van der Waals surface area contributed by atoms with Crippen molar-refractivity contribution in [1.29, 1.82) is 0 Å². The van der Waals surface area contributed by atoms with Crippen molar-refractivity contribution in [1.82, 2.24) is 19.2 Å². The second kappa shape index (κ2) is 6.93. The van der Waals surface area contributed by atoms with Crippen molar-refractivity contribution in [3.05, 3.63) is 87.7 Å². The Bertz CT molecular complexity index is 1140. The molecule has 0 spiro atoms. The fraction of sp³-hybridized carbons (Fsp3) is 0.0556. The van der Waals surface area contributed by atoms with Gasteiger partial charge < -0.3 is 0 Å². The summed E-state index contributed by atoms with van der Waals surface area (Å²) in [4.78, 5) is 12.7. The van der Waals surface area contributed by atoms with Crippen molar-refractivity contribution in [2.24, 2.45) is 0 Å². The minimum Gasteiger partial charge on any atom is -0.280 e. The molecule has 0 bridgehead atoms. The summed E-state index contributed by atoms with van der Waals surface area (Å²) in [6.07, 6.45) is 3.33. The Kier molecular flexibility index (Phi) is 4.48. The average Bonchev–Trinajstić information content (AvgIpc) is 3.06. The summed E-state index contributed by atoms with van der Waals surface area (Å²) < 4.78 is 16.1. The predicted octanol–water partition coefficient (Wildman–Crippen LogP) is 3.97. The van der Waals surface area contributed by atoms with Crippen LogP contribution in [0.3, 0.4) is 0 Å². The van der Waals surface area contributed by atoms with Crippen LogP contribution >= 0.6 is 23.4 Å².